The van der Waals surface area contributed by atoms with Gasteiger partial charge in [0.05, 0.1) is 16.1 Å². The molecule has 0 aliphatic carbocycles. The molecule has 4 aromatic rings. The minimum atomic E-state index is -0.434. The topological polar surface area (TPSA) is 70.9 Å². The van der Waals surface area contributed by atoms with Gasteiger partial charge in [-0.1, -0.05) is 47.5 Å². The number of fused-ring (bicyclic) bond motifs is 1. The van der Waals surface area contributed by atoms with E-state index in [0.29, 0.717) is 26.9 Å². The van der Waals surface area contributed by atoms with Gasteiger partial charge in [0.2, 0.25) is 0 Å². The molecule has 2 N–H and O–H groups in total. The Morgan fingerprint density at radius 2 is 1.81 bits per heavy atom. The Morgan fingerprint density at radius 3 is 2.59 bits per heavy atom. The van der Waals surface area contributed by atoms with Gasteiger partial charge in [0.15, 0.2) is 0 Å². The van der Waals surface area contributed by atoms with E-state index in [1.165, 1.54) is 6.20 Å². The molecule has 1 aromatic carbocycles. The number of nitrogens with one attached hydrogen (secondary N) is 1. The molecule has 3 aromatic heterocycles. The molecule has 134 valence electrons. The van der Waals surface area contributed by atoms with Crippen molar-refractivity contribution in [1.29, 1.82) is 0 Å². The Morgan fingerprint density at radius 1 is 0.963 bits per heavy atom. The first kappa shape index (κ1) is 17.5. The van der Waals surface area contributed by atoms with Crippen molar-refractivity contribution >= 4 is 39.9 Å². The van der Waals surface area contributed by atoms with Crippen LogP contribution in [0.4, 0.5) is 5.82 Å². The van der Waals surface area contributed by atoms with Crippen LogP contribution in [0.1, 0.15) is 17.2 Å². The number of benzene rings is 1. The number of hydrogen-bond acceptors (Lipinski definition) is 5. The number of aromatic nitrogens is 3. The van der Waals surface area contributed by atoms with Crippen LogP contribution in [0.5, 0.6) is 5.75 Å². The molecule has 3 heterocycles. The first-order valence-corrected chi connectivity index (χ1v) is 8.93. The summed E-state index contributed by atoms with van der Waals surface area (Å²) in [5.41, 5.74) is 2.01. The van der Waals surface area contributed by atoms with Gasteiger partial charge in [-0.05, 0) is 23.8 Å². The van der Waals surface area contributed by atoms with Crippen LogP contribution in [0.25, 0.3) is 10.9 Å². The minimum Gasteiger partial charge on any atom is -0.505 e. The van der Waals surface area contributed by atoms with Crippen molar-refractivity contribution in [2.45, 2.75) is 6.04 Å². The number of aromatic hydroxyl groups is 1. The summed E-state index contributed by atoms with van der Waals surface area (Å²) in [5, 5.41) is 15.8. The van der Waals surface area contributed by atoms with Gasteiger partial charge in [-0.3, -0.25) is 9.97 Å². The third-order valence-corrected chi connectivity index (χ3v) is 4.69. The molecule has 0 aliphatic heterocycles. The average Bonchev–Trinajstić information content (AvgIpc) is 2.69. The summed E-state index contributed by atoms with van der Waals surface area (Å²) in [6.45, 7) is 0. The average molecular weight is 397 g/mol. The van der Waals surface area contributed by atoms with Crippen molar-refractivity contribution in [3.8, 4) is 5.75 Å². The maximum atomic E-state index is 10.9. The summed E-state index contributed by atoms with van der Waals surface area (Å²) in [5.74, 6) is 0.551. The Hall–Kier alpha value is -2.89. The lowest BCUT2D eigenvalue weighted by atomic mass is 9.97. The van der Waals surface area contributed by atoms with Crippen LogP contribution >= 0.6 is 23.2 Å². The highest BCUT2D eigenvalue weighted by Gasteiger charge is 2.21. The molecule has 7 heteroatoms. The number of nitrogens with zero attached hydrogens (tertiary/aromatic N) is 3. The van der Waals surface area contributed by atoms with Crippen molar-refractivity contribution in [1.82, 2.24) is 15.0 Å². The van der Waals surface area contributed by atoms with E-state index in [4.69, 9.17) is 23.2 Å². The van der Waals surface area contributed by atoms with E-state index in [1.54, 1.807) is 24.7 Å². The van der Waals surface area contributed by atoms with E-state index in [1.807, 2.05) is 36.4 Å². The Labute approximate surface area is 165 Å². The summed E-state index contributed by atoms with van der Waals surface area (Å²) in [4.78, 5) is 12.8. The van der Waals surface area contributed by atoms with E-state index in [2.05, 4.69) is 20.3 Å². The molecule has 0 fully saturated rings. The predicted octanol–water partition coefficient (Wildman–Crippen LogP) is 5.24. The van der Waals surface area contributed by atoms with Gasteiger partial charge >= 0.3 is 0 Å². The number of phenolic OH excluding ortho intramolecular Hbond substituents is 1. The Bertz CT molecular complexity index is 1110. The zero-order valence-electron chi connectivity index (χ0n) is 14.0. The third-order valence-electron chi connectivity index (χ3n) is 4.20. The van der Waals surface area contributed by atoms with Crippen LogP contribution in [0.2, 0.25) is 10.0 Å². The summed E-state index contributed by atoms with van der Waals surface area (Å²) < 4.78 is 0. The summed E-state index contributed by atoms with van der Waals surface area (Å²) >= 11 is 12.2. The minimum absolute atomic E-state index is 0.0968. The van der Waals surface area contributed by atoms with Crippen molar-refractivity contribution in [3.05, 3.63) is 88.4 Å². The van der Waals surface area contributed by atoms with E-state index in [0.717, 1.165) is 10.9 Å². The molecule has 0 amide bonds. The van der Waals surface area contributed by atoms with E-state index in [-0.39, 0.29) is 5.75 Å². The second-order valence-electron chi connectivity index (χ2n) is 5.93. The van der Waals surface area contributed by atoms with E-state index >= 15 is 0 Å². The van der Waals surface area contributed by atoms with Gasteiger partial charge in [-0.15, -0.1) is 0 Å². The molecule has 5 nitrogen and oxygen atoms in total. The van der Waals surface area contributed by atoms with Crippen molar-refractivity contribution in [2.75, 3.05) is 5.32 Å². The van der Waals surface area contributed by atoms with Crippen LogP contribution < -0.4 is 5.32 Å². The number of hydrogen-bond donors (Lipinski definition) is 2. The standard InChI is InChI=1S/C20H14Cl2N4O/c21-14-9-16(22)20(25-11-14)26-17(13-4-1-7-23-10-13)15-6-5-12-3-2-8-24-18(12)19(15)27/h1-11,17,27H,(H,25,26). The van der Waals surface area contributed by atoms with Crippen LogP contribution in [0.15, 0.2) is 67.3 Å². The first-order valence-electron chi connectivity index (χ1n) is 8.17. The van der Waals surface area contributed by atoms with Gasteiger partial charge in [0, 0.05) is 35.7 Å². The van der Waals surface area contributed by atoms with Gasteiger partial charge in [-0.25, -0.2) is 4.98 Å². The number of phenols is 1. The predicted molar refractivity (Wildman–Crippen MR) is 107 cm³/mol. The molecule has 0 radical (unpaired) electrons. The van der Waals surface area contributed by atoms with E-state index < -0.39 is 6.04 Å². The van der Waals surface area contributed by atoms with Gasteiger partial charge in [0.25, 0.3) is 0 Å². The highest BCUT2D eigenvalue weighted by atomic mass is 35.5. The lowest BCUT2D eigenvalue weighted by molar-refractivity contribution is 0.471. The summed E-state index contributed by atoms with van der Waals surface area (Å²) in [6.07, 6.45) is 6.58. The van der Waals surface area contributed by atoms with Gasteiger partial charge < -0.3 is 10.4 Å². The van der Waals surface area contributed by atoms with Crippen molar-refractivity contribution < 1.29 is 5.11 Å². The van der Waals surface area contributed by atoms with Crippen molar-refractivity contribution in [3.63, 3.8) is 0 Å². The molecule has 0 saturated heterocycles. The van der Waals surface area contributed by atoms with Gasteiger partial charge in [0.1, 0.15) is 17.1 Å². The Kier molecular flexibility index (Phi) is 4.79. The fourth-order valence-corrected chi connectivity index (χ4v) is 3.36. The number of pyridine rings is 3. The molecular weight excluding hydrogens is 383 g/mol. The molecule has 0 spiro atoms. The van der Waals surface area contributed by atoms with Crippen LogP contribution in [0, 0.1) is 0 Å². The second kappa shape index (κ2) is 7.39. The molecule has 4 rings (SSSR count). The fourth-order valence-electron chi connectivity index (χ4n) is 2.92. The number of halogens is 2. The van der Waals surface area contributed by atoms with Crippen molar-refractivity contribution in [2.24, 2.45) is 0 Å². The number of anilines is 1. The third kappa shape index (κ3) is 3.52. The first-order chi connectivity index (χ1) is 13.1. The SMILES string of the molecule is Oc1c(C(Nc2ncc(Cl)cc2Cl)c2cccnc2)ccc2cccnc12. The monoisotopic (exact) mass is 396 g/mol. The molecular formula is C20H14Cl2N4O. The quantitative estimate of drug-likeness (QED) is 0.493. The second-order valence-corrected chi connectivity index (χ2v) is 6.77. The lowest BCUT2D eigenvalue weighted by Crippen LogP contribution is -2.14. The zero-order chi connectivity index (χ0) is 18.8. The number of rotatable bonds is 4. The Balaban J connectivity index is 1.85. The smallest absolute Gasteiger partial charge is 0.147 e. The lowest BCUT2D eigenvalue weighted by Gasteiger charge is -2.22. The highest BCUT2D eigenvalue weighted by Crippen LogP contribution is 2.37. The molecule has 0 saturated carbocycles. The summed E-state index contributed by atoms with van der Waals surface area (Å²) in [7, 11) is 0. The van der Waals surface area contributed by atoms with Gasteiger partial charge in [-0.2, -0.15) is 0 Å². The molecule has 0 bridgehead atoms. The molecule has 1 atom stereocenters. The zero-order valence-corrected chi connectivity index (χ0v) is 15.5. The van der Waals surface area contributed by atoms with Crippen LogP contribution in [-0.2, 0) is 0 Å². The van der Waals surface area contributed by atoms with E-state index in [9.17, 15) is 5.11 Å². The van der Waals surface area contributed by atoms with Crippen LogP contribution in [-0.4, -0.2) is 20.1 Å². The maximum Gasteiger partial charge on any atom is 0.147 e. The molecule has 0 aliphatic rings. The summed E-state index contributed by atoms with van der Waals surface area (Å²) in [6, 6.07) is 12.4. The molecule has 27 heavy (non-hydrogen) atoms. The normalized spacial score (nSPS) is 12.1. The fraction of sp³-hybridized carbons (Fsp3) is 0.0500. The molecule has 1 unspecified atom stereocenters. The van der Waals surface area contributed by atoms with Crippen LogP contribution in [0.3, 0.4) is 0 Å². The highest BCUT2D eigenvalue weighted by molar-refractivity contribution is 6.35. The maximum absolute atomic E-state index is 10.9. The largest absolute Gasteiger partial charge is 0.505 e.